The van der Waals surface area contributed by atoms with Crippen LogP contribution in [-0.2, 0) is 9.53 Å². The van der Waals surface area contributed by atoms with Crippen molar-refractivity contribution < 1.29 is 35.1 Å². The Balaban J connectivity index is 2.00. The molecule has 0 fully saturated rings. The van der Waals surface area contributed by atoms with Crippen molar-refractivity contribution in [3.63, 3.8) is 0 Å². The average molecular weight is 501 g/mol. The van der Waals surface area contributed by atoms with E-state index in [0.29, 0.717) is 6.42 Å². The van der Waals surface area contributed by atoms with Crippen LogP contribution in [0.25, 0.3) is 0 Å². The van der Waals surface area contributed by atoms with E-state index in [2.05, 4.69) is 6.92 Å². The molecule has 6 atom stereocenters. The Morgan fingerprint density at radius 3 is 1.71 bits per heavy atom. The molecule has 7 nitrogen and oxygen atoms in total. The molecule has 1 aliphatic rings. The van der Waals surface area contributed by atoms with Crippen LogP contribution in [0.1, 0.15) is 122 Å². The summed E-state index contributed by atoms with van der Waals surface area (Å²) in [5.41, 5.74) is 0. The summed E-state index contributed by atoms with van der Waals surface area (Å²) in [6, 6.07) is 0. The summed E-state index contributed by atoms with van der Waals surface area (Å²) in [5, 5.41) is 50.5. The van der Waals surface area contributed by atoms with Crippen LogP contribution in [0.5, 0.6) is 0 Å². The molecule has 0 spiro atoms. The van der Waals surface area contributed by atoms with Gasteiger partial charge in [-0.2, -0.15) is 0 Å². The molecule has 0 aromatic rings. The van der Waals surface area contributed by atoms with E-state index in [4.69, 9.17) is 4.74 Å². The lowest BCUT2D eigenvalue weighted by atomic mass is 9.96. The molecule has 7 heteroatoms. The Morgan fingerprint density at radius 2 is 1.17 bits per heavy atom. The van der Waals surface area contributed by atoms with Gasteiger partial charge in [0.2, 0.25) is 0 Å². The molecule has 1 heterocycles. The molecule has 0 amide bonds. The summed E-state index contributed by atoms with van der Waals surface area (Å²) in [4.78, 5) is 11.3. The number of esters is 1. The zero-order valence-electron chi connectivity index (χ0n) is 21.9. The van der Waals surface area contributed by atoms with Crippen LogP contribution in [0.15, 0.2) is 12.2 Å². The highest BCUT2D eigenvalue weighted by atomic mass is 16.6. The molecule has 0 bridgehead atoms. The van der Waals surface area contributed by atoms with Gasteiger partial charge in [-0.1, -0.05) is 90.4 Å². The maximum atomic E-state index is 11.3. The third-order valence-electron chi connectivity index (χ3n) is 6.86. The van der Waals surface area contributed by atoms with Gasteiger partial charge in [-0.25, -0.2) is 4.79 Å². The van der Waals surface area contributed by atoms with Crippen LogP contribution in [0.2, 0.25) is 0 Å². The van der Waals surface area contributed by atoms with E-state index < -0.39 is 42.6 Å². The number of carbonyl (C=O) groups is 1. The van der Waals surface area contributed by atoms with Crippen molar-refractivity contribution in [2.24, 2.45) is 0 Å². The van der Waals surface area contributed by atoms with E-state index in [1.165, 1.54) is 76.7 Å². The lowest BCUT2D eigenvalue weighted by molar-refractivity contribution is -0.151. The fourth-order valence-corrected chi connectivity index (χ4v) is 4.76. The number of cyclic esters (lactones) is 1. The molecule has 35 heavy (non-hydrogen) atoms. The molecule has 0 saturated carbocycles. The fraction of sp³-hybridized carbons (Fsp3) is 0.893. The van der Waals surface area contributed by atoms with Crippen LogP contribution in [0.3, 0.4) is 0 Å². The quantitative estimate of drug-likeness (QED) is 0.111. The van der Waals surface area contributed by atoms with Crippen LogP contribution in [-0.4, -0.2) is 68.1 Å². The molecular formula is C28H52O7. The summed E-state index contributed by atoms with van der Waals surface area (Å²) in [7, 11) is 0. The molecule has 1 rings (SSSR count). The number of hydrogen-bond donors (Lipinski definition) is 5. The fourth-order valence-electron chi connectivity index (χ4n) is 4.76. The van der Waals surface area contributed by atoms with Gasteiger partial charge < -0.3 is 30.3 Å². The third kappa shape index (κ3) is 17.2. The molecule has 0 radical (unpaired) electrons. The summed E-state index contributed by atoms with van der Waals surface area (Å²) in [5.74, 6) is -0.569. The van der Waals surface area contributed by atoms with Gasteiger partial charge in [0.05, 0.1) is 24.4 Å². The topological polar surface area (TPSA) is 127 Å². The molecular weight excluding hydrogens is 448 g/mol. The van der Waals surface area contributed by atoms with Gasteiger partial charge >= 0.3 is 5.97 Å². The molecule has 0 unspecified atom stereocenters. The number of rotatable bonds is 22. The molecule has 0 saturated heterocycles. The number of aliphatic hydroxyl groups is 5. The van der Waals surface area contributed by atoms with Gasteiger partial charge in [-0.3, -0.25) is 0 Å². The van der Waals surface area contributed by atoms with E-state index in [0.717, 1.165) is 18.9 Å². The Bertz CT molecular complexity index is 553. The second-order valence-corrected chi connectivity index (χ2v) is 10.4. The van der Waals surface area contributed by atoms with Gasteiger partial charge in [0, 0.05) is 12.5 Å². The number of aliphatic hydroxyl groups excluding tert-OH is 5. The minimum Gasteiger partial charge on any atom is -0.456 e. The van der Waals surface area contributed by atoms with Crippen LogP contribution >= 0.6 is 0 Å². The maximum absolute atomic E-state index is 11.3. The number of ether oxygens (including phenoxy) is 1. The summed E-state index contributed by atoms with van der Waals surface area (Å²) >= 11 is 0. The average Bonchev–Trinajstić information content (AvgIpc) is 2.79. The van der Waals surface area contributed by atoms with Gasteiger partial charge in [0.1, 0.15) is 12.2 Å². The van der Waals surface area contributed by atoms with Gasteiger partial charge in [-0.05, 0) is 31.8 Å². The highest BCUT2D eigenvalue weighted by Crippen LogP contribution is 2.19. The molecule has 5 N–H and O–H groups in total. The highest BCUT2D eigenvalue weighted by Gasteiger charge is 2.28. The first kappa shape index (κ1) is 32.0. The summed E-state index contributed by atoms with van der Waals surface area (Å²) in [6.45, 7) is 2.25. The first-order valence-electron chi connectivity index (χ1n) is 14.1. The Labute approximate surface area is 212 Å². The van der Waals surface area contributed by atoms with Crippen molar-refractivity contribution in [1.82, 2.24) is 0 Å². The predicted octanol–water partition coefficient (Wildman–Crippen LogP) is 4.31. The zero-order valence-corrected chi connectivity index (χ0v) is 21.9. The van der Waals surface area contributed by atoms with E-state index in [-0.39, 0.29) is 25.7 Å². The van der Waals surface area contributed by atoms with E-state index in [1.54, 1.807) is 0 Å². The minimum atomic E-state index is -0.981. The second-order valence-electron chi connectivity index (χ2n) is 10.4. The molecule has 0 aromatic carbocycles. The second kappa shape index (κ2) is 20.1. The zero-order chi connectivity index (χ0) is 25.9. The summed E-state index contributed by atoms with van der Waals surface area (Å²) < 4.78 is 4.98. The Hall–Kier alpha value is -0.990. The summed E-state index contributed by atoms with van der Waals surface area (Å²) in [6.07, 6.45) is 14.8. The highest BCUT2D eigenvalue weighted by molar-refractivity contribution is 5.83. The van der Waals surface area contributed by atoms with Gasteiger partial charge in [-0.15, -0.1) is 0 Å². The number of carbonyl (C=O) groups excluding carboxylic acids is 1. The van der Waals surface area contributed by atoms with Crippen molar-refractivity contribution in [2.75, 3.05) is 0 Å². The van der Waals surface area contributed by atoms with E-state index >= 15 is 0 Å². The van der Waals surface area contributed by atoms with Gasteiger partial charge in [0.25, 0.3) is 0 Å². The normalized spacial score (nSPS) is 21.5. The molecule has 0 aromatic heterocycles. The predicted molar refractivity (Wildman–Crippen MR) is 138 cm³/mol. The Kier molecular flexibility index (Phi) is 18.4. The monoisotopic (exact) mass is 500 g/mol. The van der Waals surface area contributed by atoms with Gasteiger partial charge in [0.15, 0.2) is 0 Å². The van der Waals surface area contributed by atoms with Crippen LogP contribution in [0, 0.1) is 0 Å². The first-order chi connectivity index (χ1) is 16.8. The third-order valence-corrected chi connectivity index (χ3v) is 6.86. The number of unbranched alkanes of at least 4 members (excludes halogenated alkanes) is 12. The van der Waals surface area contributed by atoms with Crippen molar-refractivity contribution in [3.05, 3.63) is 12.2 Å². The largest absolute Gasteiger partial charge is 0.456 e. The van der Waals surface area contributed by atoms with E-state index in [1.807, 2.05) is 0 Å². The standard InChI is InChI=1S/C28H52O7/c1-2-3-4-5-6-7-8-9-10-11-12-13-14-15-22(29)18-23(30)19-24(31)20-25(32)21-27-26(33)16-17-28(34)35-27/h16-17,22-27,29-33H,2-15,18-21H2,1H3/t22-,23+,24+,25+,26+,27+/m1/s1. The minimum absolute atomic E-state index is 0.00348. The number of hydrogen-bond acceptors (Lipinski definition) is 7. The van der Waals surface area contributed by atoms with Crippen molar-refractivity contribution in [2.45, 2.75) is 159 Å². The van der Waals surface area contributed by atoms with E-state index in [9.17, 15) is 30.3 Å². The Morgan fingerprint density at radius 1 is 0.714 bits per heavy atom. The van der Waals surface area contributed by atoms with Crippen LogP contribution in [0.4, 0.5) is 0 Å². The smallest absolute Gasteiger partial charge is 0.330 e. The van der Waals surface area contributed by atoms with Crippen molar-refractivity contribution >= 4 is 5.97 Å². The van der Waals surface area contributed by atoms with Crippen LogP contribution < -0.4 is 0 Å². The molecule has 0 aliphatic carbocycles. The molecule has 1 aliphatic heterocycles. The lowest BCUT2D eigenvalue weighted by Crippen LogP contribution is -2.37. The molecule has 206 valence electrons. The lowest BCUT2D eigenvalue weighted by Gasteiger charge is -2.27. The maximum Gasteiger partial charge on any atom is 0.330 e. The first-order valence-corrected chi connectivity index (χ1v) is 14.1. The van der Waals surface area contributed by atoms with Crippen molar-refractivity contribution in [3.8, 4) is 0 Å². The SMILES string of the molecule is CCCCCCCCCCCCCCC[C@@H](O)C[C@H](O)C[C@H](O)C[C@H](O)C[C@@H]1OC(=O)C=C[C@@H]1O. The van der Waals surface area contributed by atoms with Crippen molar-refractivity contribution in [1.29, 1.82) is 0 Å².